The Kier molecular flexibility index (Phi) is 26.4. The largest absolute Gasteiger partial charge is 0.479 e. The summed E-state index contributed by atoms with van der Waals surface area (Å²) in [6.07, 6.45) is 0. The van der Waals surface area contributed by atoms with Gasteiger partial charge < -0.3 is 47.4 Å². The first-order valence-corrected chi connectivity index (χ1v) is 4.71. The number of hydrogen-bond donors (Lipinski definition) is 5. The molecule has 18 heavy (non-hydrogen) atoms. The maximum atomic E-state index is 10.6. The monoisotopic (exact) mass is 306 g/mol. The zero-order valence-electron chi connectivity index (χ0n) is 9.71. The summed E-state index contributed by atoms with van der Waals surface area (Å²) in [5.74, 6) is -4.56. The third kappa shape index (κ3) is 10.9. The van der Waals surface area contributed by atoms with Gasteiger partial charge in [0.15, 0.2) is 5.96 Å². The van der Waals surface area contributed by atoms with Crippen LogP contribution in [0.1, 0.15) is 0 Å². The molecule has 0 bridgehead atoms. The number of carbonyl (C=O) groups is 1. The summed E-state index contributed by atoms with van der Waals surface area (Å²) >= 11 is 0. The topological polar surface area (TPSA) is 274 Å². The molecule has 0 saturated carbocycles. The van der Waals surface area contributed by atoms with Crippen LogP contribution in [-0.2, 0) is 9.36 Å². The SMILES string of the molecule is CN(C(=N)N)C(C(=O)O)P(=O)(O)O.O.O.O.O.[Na]. The van der Waals surface area contributed by atoms with Gasteiger partial charge >= 0.3 is 13.6 Å². The van der Waals surface area contributed by atoms with Crippen molar-refractivity contribution in [3.63, 3.8) is 0 Å². The van der Waals surface area contributed by atoms with Crippen LogP contribution in [-0.4, -0.2) is 96.0 Å². The molecule has 0 rings (SSSR count). The molecule has 0 fully saturated rings. The molecule has 14 N–H and O–H groups in total. The van der Waals surface area contributed by atoms with Crippen LogP contribution < -0.4 is 5.73 Å². The molecule has 1 unspecified atom stereocenters. The van der Waals surface area contributed by atoms with Crippen molar-refractivity contribution in [2.45, 2.75) is 5.78 Å². The summed E-state index contributed by atoms with van der Waals surface area (Å²) in [6.45, 7) is 0. The Balaban J connectivity index is -0.0000000720. The zero-order valence-corrected chi connectivity index (χ0v) is 12.6. The van der Waals surface area contributed by atoms with E-state index in [0.29, 0.717) is 4.90 Å². The van der Waals surface area contributed by atoms with E-state index < -0.39 is 25.3 Å². The summed E-state index contributed by atoms with van der Waals surface area (Å²) in [5.41, 5.74) is 4.87. The molecule has 0 aliphatic rings. The van der Waals surface area contributed by atoms with Crippen molar-refractivity contribution in [2.75, 3.05) is 7.05 Å². The van der Waals surface area contributed by atoms with E-state index in [2.05, 4.69) is 0 Å². The molecule has 0 heterocycles. The summed E-state index contributed by atoms with van der Waals surface area (Å²) in [5, 5.41) is 15.2. The number of likely N-dealkylation sites (N-methyl/N-ethyl adjacent to an activating group) is 1. The molecular weight excluding hydrogens is 288 g/mol. The van der Waals surface area contributed by atoms with Crippen LogP contribution in [0.5, 0.6) is 0 Å². The van der Waals surface area contributed by atoms with Crippen LogP contribution in [0.25, 0.3) is 0 Å². The quantitative estimate of drug-likeness (QED) is 0.146. The van der Waals surface area contributed by atoms with Gasteiger partial charge in [0.05, 0.1) is 0 Å². The Bertz CT molecular complexity index is 283. The van der Waals surface area contributed by atoms with E-state index in [1.807, 2.05) is 0 Å². The van der Waals surface area contributed by atoms with Gasteiger partial charge in [0.2, 0.25) is 5.78 Å². The van der Waals surface area contributed by atoms with Gasteiger partial charge in [0.1, 0.15) is 0 Å². The standard InChI is InChI=1S/C4H10N3O5P.Na.4H2O/c1-7(4(5)6)2(3(8)9)13(10,11)12;;;;;/h2H,1H3,(H3,5,6)(H,8,9)(H2,10,11,12);;4*1H2. The first-order valence-electron chi connectivity index (χ1n) is 3.02. The molecule has 0 aromatic carbocycles. The summed E-state index contributed by atoms with van der Waals surface area (Å²) in [7, 11) is -3.82. The van der Waals surface area contributed by atoms with Gasteiger partial charge in [-0.2, -0.15) is 0 Å². The number of nitrogens with one attached hydrogen (secondary N) is 1. The molecule has 0 aromatic rings. The molecule has 1 radical (unpaired) electrons. The van der Waals surface area contributed by atoms with Crippen LogP contribution in [0.2, 0.25) is 0 Å². The minimum Gasteiger partial charge on any atom is -0.479 e. The number of hydrogen-bond acceptors (Lipinski definition) is 3. The Labute approximate surface area is 124 Å². The third-order valence-electron chi connectivity index (χ3n) is 1.29. The van der Waals surface area contributed by atoms with Gasteiger partial charge in [0, 0.05) is 36.6 Å². The third-order valence-corrected chi connectivity index (χ3v) is 2.49. The number of carboxylic acids is 1. The first kappa shape index (κ1) is 36.1. The molecule has 0 aromatic heterocycles. The van der Waals surface area contributed by atoms with Crippen LogP contribution in [0, 0.1) is 5.41 Å². The second-order valence-corrected chi connectivity index (χ2v) is 3.96. The fraction of sp³-hybridized carbons (Fsp3) is 0.500. The Hall–Kier alpha value is -0.270. The number of guanidine groups is 1. The zero-order chi connectivity index (χ0) is 10.8. The van der Waals surface area contributed by atoms with Crippen molar-refractivity contribution in [3.8, 4) is 0 Å². The van der Waals surface area contributed by atoms with Crippen LogP contribution in [0.15, 0.2) is 0 Å². The van der Waals surface area contributed by atoms with Gasteiger partial charge in [-0.1, -0.05) is 0 Å². The van der Waals surface area contributed by atoms with Gasteiger partial charge in [0.25, 0.3) is 0 Å². The average Bonchev–Trinajstić information content (AvgIpc) is 1.82. The van der Waals surface area contributed by atoms with E-state index in [0.717, 1.165) is 7.05 Å². The fourth-order valence-corrected chi connectivity index (χ4v) is 1.53. The van der Waals surface area contributed by atoms with E-state index in [4.69, 9.17) is 26.0 Å². The van der Waals surface area contributed by atoms with E-state index >= 15 is 0 Å². The summed E-state index contributed by atoms with van der Waals surface area (Å²) in [4.78, 5) is 28.1. The van der Waals surface area contributed by atoms with Crippen molar-refractivity contribution >= 4 is 49.1 Å². The molecule has 0 aliphatic heterocycles. The Morgan fingerprint density at radius 2 is 1.56 bits per heavy atom. The maximum absolute atomic E-state index is 10.6. The maximum Gasteiger partial charge on any atom is 0.359 e. The Morgan fingerprint density at radius 3 is 1.61 bits per heavy atom. The van der Waals surface area contributed by atoms with Crippen molar-refractivity contribution in [3.05, 3.63) is 0 Å². The van der Waals surface area contributed by atoms with Gasteiger partial charge in [-0.3, -0.25) is 9.97 Å². The van der Waals surface area contributed by atoms with Gasteiger partial charge in [-0.05, 0) is 0 Å². The number of nitrogens with two attached hydrogens (primary N) is 1. The molecule has 1 atom stereocenters. The molecule has 14 heteroatoms. The Morgan fingerprint density at radius 1 is 1.28 bits per heavy atom. The van der Waals surface area contributed by atoms with E-state index in [9.17, 15) is 9.36 Å². The van der Waals surface area contributed by atoms with Crippen LogP contribution >= 0.6 is 7.60 Å². The van der Waals surface area contributed by atoms with Crippen molar-refractivity contribution in [1.29, 1.82) is 5.41 Å². The van der Waals surface area contributed by atoms with Gasteiger partial charge in [-0.25, -0.2) is 4.79 Å². The summed E-state index contributed by atoms with van der Waals surface area (Å²) < 4.78 is 10.6. The predicted molar refractivity (Wildman–Crippen MR) is 63.4 cm³/mol. The average molecular weight is 306 g/mol. The molecular formula is C4H18N3NaO9P. The summed E-state index contributed by atoms with van der Waals surface area (Å²) in [6, 6.07) is 0. The van der Waals surface area contributed by atoms with E-state index in [1.165, 1.54) is 0 Å². The molecule has 109 valence electrons. The van der Waals surface area contributed by atoms with E-state index in [-0.39, 0.29) is 51.5 Å². The van der Waals surface area contributed by atoms with Crippen molar-refractivity contribution in [1.82, 2.24) is 4.90 Å². The molecule has 12 nitrogen and oxygen atoms in total. The van der Waals surface area contributed by atoms with Crippen molar-refractivity contribution in [2.24, 2.45) is 5.73 Å². The fourth-order valence-electron chi connectivity index (χ4n) is 0.667. The minimum atomic E-state index is -4.84. The minimum absolute atomic E-state index is 0. The number of nitrogens with zero attached hydrogens (tertiary/aromatic N) is 1. The molecule has 0 amide bonds. The first-order chi connectivity index (χ1) is 5.68. The molecule has 0 spiro atoms. The van der Waals surface area contributed by atoms with Crippen molar-refractivity contribution < 1.29 is 46.2 Å². The normalized spacial score (nSPS) is 9.72. The molecule has 0 saturated heterocycles. The predicted octanol–water partition coefficient (Wildman–Crippen LogP) is -5.28. The number of rotatable bonds is 3. The van der Waals surface area contributed by atoms with E-state index in [1.54, 1.807) is 0 Å². The van der Waals surface area contributed by atoms with Crippen LogP contribution in [0.4, 0.5) is 0 Å². The number of aliphatic carboxylic acids is 1. The number of carboxylic acid groups (broad SMARTS) is 1. The second-order valence-electron chi connectivity index (χ2n) is 2.30. The van der Waals surface area contributed by atoms with Crippen LogP contribution in [0.3, 0.4) is 0 Å². The second kappa shape index (κ2) is 13.2. The smallest absolute Gasteiger partial charge is 0.359 e. The molecule has 0 aliphatic carbocycles. The van der Waals surface area contributed by atoms with Gasteiger partial charge in [-0.15, -0.1) is 0 Å².